The zero-order valence-corrected chi connectivity index (χ0v) is 13.2. The number of carbonyl (C=O) groups excluding carboxylic acids is 1. The normalized spacial score (nSPS) is 19.3. The Bertz CT molecular complexity index is 612. The molecule has 1 aromatic carbocycles. The van der Waals surface area contributed by atoms with E-state index in [1.54, 1.807) is 36.3 Å². The summed E-state index contributed by atoms with van der Waals surface area (Å²) in [6.45, 7) is 1.18. The molecule has 1 saturated heterocycles. The fourth-order valence-corrected chi connectivity index (χ4v) is 3.88. The van der Waals surface area contributed by atoms with Gasteiger partial charge >= 0.3 is 0 Å². The Morgan fingerprint density at radius 2 is 2.19 bits per heavy atom. The first-order chi connectivity index (χ1) is 9.89. The Labute approximate surface area is 125 Å². The number of amides is 1. The molecule has 21 heavy (non-hydrogen) atoms. The van der Waals surface area contributed by atoms with Crippen molar-refractivity contribution in [1.82, 2.24) is 4.90 Å². The van der Waals surface area contributed by atoms with Crippen molar-refractivity contribution < 1.29 is 17.9 Å². The number of rotatable bonds is 4. The summed E-state index contributed by atoms with van der Waals surface area (Å²) in [5.41, 5.74) is 0.578. The number of sulfone groups is 1. The van der Waals surface area contributed by atoms with Crippen LogP contribution in [0.5, 0.6) is 5.75 Å². The average Bonchev–Trinajstić information content (AvgIpc) is 2.45. The second-order valence-corrected chi connectivity index (χ2v) is 7.77. The van der Waals surface area contributed by atoms with Gasteiger partial charge in [-0.2, -0.15) is 0 Å². The summed E-state index contributed by atoms with van der Waals surface area (Å²) in [4.78, 5) is 14.2. The standard InChI is InChI=1S/C15H21NO4S/c1-20-14-7-3-6-13(9-14)15(17)16-8-4-5-12(10-16)11-21(2,18)19/h3,6-7,9,12H,4-5,8,10-11H2,1-2H3/t12-/m0/s1. The maximum Gasteiger partial charge on any atom is 0.253 e. The van der Waals surface area contributed by atoms with Crippen LogP contribution in [-0.4, -0.2) is 51.4 Å². The van der Waals surface area contributed by atoms with Gasteiger partial charge in [0.15, 0.2) is 0 Å². The van der Waals surface area contributed by atoms with Crippen molar-refractivity contribution in [2.75, 3.05) is 32.2 Å². The van der Waals surface area contributed by atoms with Crippen molar-refractivity contribution in [1.29, 1.82) is 0 Å². The lowest BCUT2D eigenvalue weighted by Gasteiger charge is -2.32. The number of piperidine rings is 1. The molecule has 0 bridgehead atoms. The highest BCUT2D eigenvalue weighted by atomic mass is 32.2. The smallest absolute Gasteiger partial charge is 0.253 e. The molecule has 116 valence electrons. The van der Waals surface area contributed by atoms with Gasteiger partial charge < -0.3 is 9.64 Å². The summed E-state index contributed by atoms with van der Waals surface area (Å²) in [7, 11) is -1.44. The van der Waals surface area contributed by atoms with Crippen LogP contribution >= 0.6 is 0 Å². The lowest BCUT2D eigenvalue weighted by Crippen LogP contribution is -2.41. The first-order valence-corrected chi connectivity index (χ1v) is 9.06. The Hall–Kier alpha value is -1.56. The molecule has 0 aromatic heterocycles. The van der Waals surface area contributed by atoms with Gasteiger partial charge in [0, 0.05) is 24.9 Å². The fourth-order valence-electron chi connectivity index (χ4n) is 2.75. The molecular weight excluding hydrogens is 290 g/mol. The number of hydrogen-bond acceptors (Lipinski definition) is 4. The molecule has 1 aliphatic heterocycles. The van der Waals surface area contributed by atoms with Crippen LogP contribution in [0.4, 0.5) is 0 Å². The van der Waals surface area contributed by atoms with Crippen molar-refractivity contribution in [3.8, 4) is 5.75 Å². The average molecular weight is 311 g/mol. The summed E-state index contributed by atoms with van der Waals surface area (Å²) in [5, 5.41) is 0. The quantitative estimate of drug-likeness (QED) is 0.847. The fraction of sp³-hybridized carbons (Fsp3) is 0.533. The Balaban J connectivity index is 2.08. The summed E-state index contributed by atoms with van der Waals surface area (Å²) >= 11 is 0. The van der Waals surface area contributed by atoms with Gasteiger partial charge in [-0.25, -0.2) is 8.42 Å². The summed E-state index contributed by atoms with van der Waals surface area (Å²) < 4.78 is 27.9. The third-order valence-electron chi connectivity index (χ3n) is 3.66. The van der Waals surface area contributed by atoms with Crippen LogP contribution in [0.2, 0.25) is 0 Å². The van der Waals surface area contributed by atoms with Crippen LogP contribution in [-0.2, 0) is 9.84 Å². The SMILES string of the molecule is COc1cccc(C(=O)N2CCC[C@H](CS(C)(=O)=O)C2)c1. The van der Waals surface area contributed by atoms with E-state index in [1.807, 2.05) is 0 Å². The minimum atomic E-state index is -3.01. The van der Waals surface area contributed by atoms with Crippen LogP contribution in [0.25, 0.3) is 0 Å². The van der Waals surface area contributed by atoms with E-state index in [-0.39, 0.29) is 17.6 Å². The summed E-state index contributed by atoms with van der Waals surface area (Å²) in [6.07, 6.45) is 2.95. The number of ether oxygens (including phenoxy) is 1. The van der Waals surface area contributed by atoms with Gasteiger partial charge in [0.05, 0.1) is 12.9 Å². The van der Waals surface area contributed by atoms with E-state index in [9.17, 15) is 13.2 Å². The van der Waals surface area contributed by atoms with E-state index >= 15 is 0 Å². The Morgan fingerprint density at radius 3 is 2.86 bits per heavy atom. The lowest BCUT2D eigenvalue weighted by atomic mass is 9.99. The topological polar surface area (TPSA) is 63.7 Å². The maximum absolute atomic E-state index is 12.5. The number of methoxy groups -OCH3 is 1. The molecule has 6 heteroatoms. The molecule has 0 N–H and O–H groups in total. The molecule has 1 heterocycles. The first kappa shape index (κ1) is 15.8. The van der Waals surface area contributed by atoms with E-state index in [0.29, 0.717) is 24.4 Å². The van der Waals surface area contributed by atoms with Gasteiger partial charge in [-0.1, -0.05) is 6.07 Å². The molecule has 1 atom stereocenters. The second-order valence-electron chi connectivity index (χ2n) is 5.58. The molecule has 5 nitrogen and oxygen atoms in total. The van der Waals surface area contributed by atoms with Crippen molar-refractivity contribution in [2.24, 2.45) is 5.92 Å². The van der Waals surface area contributed by atoms with Crippen molar-refractivity contribution in [3.05, 3.63) is 29.8 Å². The highest BCUT2D eigenvalue weighted by Gasteiger charge is 2.26. The molecule has 0 aliphatic carbocycles. The maximum atomic E-state index is 12.5. The van der Waals surface area contributed by atoms with E-state index < -0.39 is 9.84 Å². The number of nitrogens with zero attached hydrogens (tertiary/aromatic N) is 1. The minimum absolute atomic E-state index is 0.0308. The van der Waals surface area contributed by atoms with Crippen LogP contribution in [0.1, 0.15) is 23.2 Å². The molecule has 1 fully saturated rings. The highest BCUT2D eigenvalue weighted by Crippen LogP contribution is 2.21. The molecule has 1 amide bonds. The zero-order chi connectivity index (χ0) is 15.5. The van der Waals surface area contributed by atoms with Crippen molar-refractivity contribution in [2.45, 2.75) is 12.8 Å². The van der Waals surface area contributed by atoms with Gasteiger partial charge in [0.2, 0.25) is 0 Å². The van der Waals surface area contributed by atoms with Gasteiger partial charge in [-0.15, -0.1) is 0 Å². The minimum Gasteiger partial charge on any atom is -0.497 e. The Morgan fingerprint density at radius 1 is 1.43 bits per heavy atom. The zero-order valence-electron chi connectivity index (χ0n) is 12.4. The van der Waals surface area contributed by atoms with Gasteiger partial charge in [-0.05, 0) is 37.0 Å². The predicted octanol–water partition coefficient (Wildman–Crippen LogP) is 1.59. The van der Waals surface area contributed by atoms with E-state index in [0.717, 1.165) is 12.8 Å². The Kier molecular flexibility index (Phi) is 4.88. The monoisotopic (exact) mass is 311 g/mol. The molecule has 1 aliphatic rings. The summed E-state index contributed by atoms with van der Waals surface area (Å²) in [5.74, 6) is 0.760. The molecule has 2 rings (SSSR count). The number of hydrogen-bond donors (Lipinski definition) is 0. The molecule has 0 radical (unpaired) electrons. The van der Waals surface area contributed by atoms with Gasteiger partial charge in [-0.3, -0.25) is 4.79 Å². The van der Waals surface area contributed by atoms with Crippen molar-refractivity contribution >= 4 is 15.7 Å². The van der Waals surface area contributed by atoms with Crippen LogP contribution in [0.15, 0.2) is 24.3 Å². The second kappa shape index (κ2) is 6.47. The summed E-state index contributed by atoms with van der Waals surface area (Å²) in [6, 6.07) is 7.04. The third-order valence-corrected chi connectivity index (χ3v) is 4.74. The number of carbonyl (C=O) groups is 1. The molecule has 1 aromatic rings. The van der Waals surface area contributed by atoms with Gasteiger partial charge in [0.25, 0.3) is 5.91 Å². The molecular formula is C15H21NO4S. The molecule has 0 spiro atoms. The number of likely N-dealkylation sites (tertiary alicyclic amines) is 1. The van der Waals surface area contributed by atoms with E-state index in [1.165, 1.54) is 6.26 Å². The molecule has 0 saturated carbocycles. The van der Waals surface area contributed by atoms with Crippen LogP contribution in [0, 0.1) is 5.92 Å². The van der Waals surface area contributed by atoms with Crippen LogP contribution in [0.3, 0.4) is 0 Å². The third kappa shape index (κ3) is 4.46. The lowest BCUT2D eigenvalue weighted by molar-refractivity contribution is 0.0684. The van der Waals surface area contributed by atoms with E-state index in [4.69, 9.17) is 4.74 Å². The first-order valence-electron chi connectivity index (χ1n) is 7.00. The van der Waals surface area contributed by atoms with Crippen molar-refractivity contribution in [3.63, 3.8) is 0 Å². The largest absolute Gasteiger partial charge is 0.497 e. The van der Waals surface area contributed by atoms with E-state index in [2.05, 4.69) is 0 Å². The molecule has 0 unspecified atom stereocenters. The van der Waals surface area contributed by atoms with Gasteiger partial charge in [0.1, 0.15) is 15.6 Å². The number of benzene rings is 1. The van der Waals surface area contributed by atoms with Crippen LogP contribution < -0.4 is 4.74 Å². The highest BCUT2D eigenvalue weighted by molar-refractivity contribution is 7.90. The predicted molar refractivity (Wildman–Crippen MR) is 81.3 cm³/mol.